The van der Waals surface area contributed by atoms with Crippen molar-refractivity contribution in [3.8, 4) is 11.5 Å². The van der Waals surface area contributed by atoms with Crippen LogP contribution in [0.3, 0.4) is 0 Å². The van der Waals surface area contributed by atoms with Crippen LogP contribution >= 0.6 is 0 Å². The molecule has 132 valence electrons. The van der Waals surface area contributed by atoms with E-state index in [1.54, 1.807) is 26.4 Å². The van der Waals surface area contributed by atoms with E-state index in [-0.39, 0.29) is 5.91 Å². The minimum Gasteiger partial charge on any atom is -0.493 e. The Morgan fingerprint density at radius 2 is 1.92 bits per heavy atom. The van der Waals surface area contributed by atoms with Gasteiger partial charge in [-0.15, -0.1) is 6.58 Å². The average molecular weight is 339 g/mol. The Balaban J connectivity index is 2.39. The van der Waals surface area contributed by atoms with Gasteiger partial charge in [-0.25, -0.2) is 0 Å². The predicted molar refractivity (Wildman–Crippen MR) is 102 cm³/mol. The lowest BCUT2D eigenvalue weighted by Gasteiger charge is -2.16. The molecule has 0 aliphatic heterocycles. The van der Waals surface area contributed by atoms with Crippen LogP contribution in [0.5, 0.6) is 11.5 Å². The number of allylic oxidation sites excluding steroid dienone is 1. The van der Waals surface area contributed by atoms with Crippen LogP contribution in [0.25, 0.3) is 0 Å². The van der Waals surface area contributed by atoms with Gasteiger partial charge in [0.2, 0.25) is 0 Å². The molecule has 1 N–H and O–H groups in total. The van der Waals surface area contributed by atoms with Crippen LogP contribution < -0.4 is 14.8 Å². The van der Waals surface area contributed by atoms with E-state index in [1.165, 1.54) is 0 Å². The molecule has 0 saturated heterocycles. The first-order chi connectivity index (χ1) is 12.0. The summed E-state index contributed by atoms with van der Waals surface area (Å²) in [6, 6.07) is 11.3. The van der Waals surface area contributed by atoms with Crippen molar-refractivity contribution < 1.29 is 14.3 Å². The summed E-state index contributed by atoms with van der Waals surface area (Å²) in [6.45, 7) is 7.96. The van der Waals surface area contributed by atoms with Crippen LogP contribution in [0.4, 0.5) is 5.69 Å². The molecule has 1 amide bonds. The zero-order valence-corrected chi connectivity index (χ0v) is 15.3. The zero-order valence-electron chi connectivity index (χ0n) is 15.3. The molecule has 0 aliphatic carbocycles. The standard InChI is InChI=1S/C21H25NO3/c1-6-9-15-12-16(13-19(24-4)20(15)25-5)21(23)22-18-11-8-7-10-17(18)14(2)3/h6-8,10-14H,1,9H2,2-5H3,(H,22,23). The van der Waals surface area contributed by atoms with Crippen molar-refractivity contribution in [2.45, 2.75) is 26.2 Å². The number of rotatable bonds is 7. The van der Waals surface area contributed by atoms with E-state index in [1.807, 2.05) is 30.3 Å². The first-order valence-corrected chi connectivity index (χ1v) is 8.27. The van der Waals surface area contributed by atoms with E-state index in [4.69, 9.17) is 9.47 Å². The van der Waals surface area contributed by atoms with Crippen molar-refractivity contribution in [2.24, 2.45) is 0 Å². The molecule has 0 radical (unpaired) electrons. The number of hydrogen-bond acceptors (Lipinski definition) is 3. The summed E-state index contributed by atoms with van der Waals surface area (Å²) < 4.78 is 10.8. The van der Waals surface area contributed by atoms with Gasteiger partial charge in [-0.05, 0) is 36.1 Å². The van der Waals surface area contributed by atoms with Gasteiger partial charge < -0.3 is 14.8 Å². The second-order valence-electron chi connectivity index (χ2n) is 6.06. The molecule has 2 aromatic carbocycles. The maximum atomic E-state index is 12.8. The number of methoxy groups -OCH3 is 2. The van der Waals surface area contributed by atoms with Crippen LogP contribution in [0.1, 0.15) is 41.3 Å². The molecule has 0 saturated carbocycles. The molecule has 0 aromatic heterocycles. The second kappa shape index (κ2) is 8.38. The monoisotopic (exact) mass is 339 g/mol. The zero-order chi connectivity index (χ0) is 18.4. The van der Waals surface area contributed by atoms with Gasteiger partial charge in [-0.3, -0.25) is 4.79 Å². The molecule has 25 heavy (non-hydrogen) atoms. The number of ether oxygens (including phenoxy) is 2. The third-order valence-corrected chi connectivity index (χ3v) is 4.01. The van der Waals surface area contributed by atoms with E-state index in [2.05, 4.69) is 25.7 Å². The van der Waals surface area contributed by atoms with E-state index in [0.29, 0.717) is 29.4 Å². The van der Waals surface area contributed by atoms with E-state index >= 15 is 0 Å². The topological polar surface area (TPSA) is 47.6 Å². The van der Waals surface area contributed by atoms with Gasteiger partial charge >= 0.3 is 0 Å². The molecular weight excluding hydrogens is 314 g/mol. The van der Waals surface area contributed by atoms with Crippen molar-refractivity contribution in [3.05, 3.63) is 65.7 Å². The van der Waals surface area contributed by atoms with Gasteiger partial charge in [0.25, 0.3) is 5.91 Å². The number of amides is 1. The van der Waals surface area contributed by atoms with Crippen LogP contribution in [0.2, 0.25) is 0 Å². The summed E-state index contributed by atoms with van der Waals surface area (Å²) in [6.07, 6.45) is 2.36. The number of benzene rings is 2. The summed E-state index contributed by atoms with van der Waals surface area (Å²) >= 11 is 0. The Bertz CT molecular complexity index is 766. The lowest BCUT2D eigenvalue weighted by Crippen LogP contribution is -2.14. The third-order valence-electron chi connectivity index (χ3n) is 4.01. The number of nitrogens with one attached hydrogen (secondary N) is 1. The van der Waals surface area contributed by atoms with Crippen LogP contribution in [0, 0.1) is 0 Å². The summed E-state index contributed by atoms with van der Waals surface area (Å²) in [5, 5.41) is 3.01. The highest BCUT2D eigenvalue weighted by Crippen LogP contribution is 2.33. The average Bonchev–Trinajstić information content (AvgIpc) is 2.61. The molecule has 0 bridgehead atoms. The Morgan fingerprint density at radius 1 is 1.20 bits per heavy atom. The summed E-state index contributed by atoms with van der Waals surface area (Å²) in [5.41, 5.74) is 3.30. The quantitative estimate of drug-likeness (QED) is 0.737. The molecule has 0 aliphatic rings. The van der Waals surface area contributed by atoms with Crippen molar-refractivity contribution >= 4 is 11.6 Å². The molecule has 0 unspecified atom stereocenters. The summed E-state index contributed by atoms with van der Waals surface area (Å²) in [4.78, 5) is 12.8. The molecule has 0 heterocycles. The first kappa shape index (κ1) is 18.6. The van der Waals surface area contributed by atoms with Crippen LogP contribution in [-0.2, 0) is 6.42 Å². The highest BCUT2D eigenvalue weighted by molar-refractivity contribution is 6.05. The lowest BCUT2D eigenvalue weighted by molar-refractivity contribution is 0.102. The predicted octanol–water partition coefficient (Wildman–Crippen LogP) is 4.81. The summed E-state index contributed by atoms with van der Waals surface area (Å²) in [5.74, 6) is 1.29. The Kier molecular flexibility index (Phi) is 6.23. The first-order valence-electron chi connectivity index (χ1n) is 8.27. The minimum atomic E-state index is -0.181. The molecule has 0 atom stereocenters. The van der Waals surface area contributed by atoms with E-state index in [9.17, 15) is 4.79 Å². The second-order valence-corrected chi connectivity index (χ2v) is 6.06. The molecule has 0 fully saturated rings. The molecular formula is C21H25NO3. The molecule has 0 spiro atoms. The number of carbonyl (C=O) groups excluding carboxylic acids is 1. The fraction of sp³-hybridized carbons (Fsp3) is 0.286. The maximum absolute atomic E-state index is 12.8. The minimum absolute atomic E-state index is 0.181. The van der Waals surface area contributed by atoms with Crippen LogP contribution in [-0.4, -0.2) is 20.1 Å². The SMILES string of the molecule is C=CCc1cc(C(=O)Nc2ccccc2C(C)C)cc(OC)c1OC. The molecule has 2 rings (SSSR count). The number of anilines is 1. The van der Waals surface area contributed by atoms with E-state index < -0.39 is 0 Å². The number of hydrogen-bond donors (Lipinski definition) is 1. The molecule has 2 aromatic rings. The van der Waals surface area contributed by atoms with Gasteiger partial charge in [-0.2, -0.15) is 0 Å². The largest absolute Gasteiger partial charge is 0.493 e. The Morgan fingerprint density at radius 3 is 2.52 bits per heavy atom. The van der Waals surface area contributed by atoms with Gasteiger partial charge in [0.05, 0.1) is 14.2 Å². The van der Waals surface area contributed by atoms with Gasteiger partial charge in [0.1, 0.15) is 0 Å². The smallest absolute Gasteiger partial charge is 0.255 e. The van der Waals surface area contributed by atoms with Gasteiger partial charge in [0.15, 0.2) is 11.5 Å². The van der Waals surface area contributed by atoms with E-state index in [0.717, 1.165) is 16.8 Å². The highest BCUT2D eigenvalue weighted by Gasteiger charge is 2.17. The van der Waals surface area contributed by atoms with Crippen molar-refractivity contribution in [3.63, 3.8) is 0 Å². The number of carbonyl (C=O) groups is 1. The van der Waals surface area contributed by atoms with Gasteiger partial charge in [0, 0.05) is 16.8 Å². The van der Waals surface area contributed by atoms with Crippen molar-refractivity contribution in [1.82, 2.24) is 0 Å². The Hall–Kier alpha value is -2.75. The maximum Gasteiger partial charge on any atom is 0.255 e. The number of para-hydroxylation sites is 1. The van der Waals surface area contributed by atoms with Crippen molar-refractivity contribution in [2.75, 3.05) is 19.5 Å². The molecule has 4 heteroatoms. The normalized spacial score (nSPS) is 10.4. The van der Waals surface area contributed by atoms with Gasteiger partial charge in [-0.1, -0.05) is 38.1 Å². The lowest BCUT2D eigenvalue weighted by atomic mass is 10.0. The Labute approximate surface area is 149 Å². The highest BCUT2D eigenvalue weighted by atomic mass is 16.5. The summed E-state index contributed by atoms with van der Waals surface area (Å²) in [7, 11) is 3.15. The fourth-order valence-corrected chi connectivity index (χ4v) is 2.79. The molecule has 4 nitrogen and oxygen atoms in total. The van der Waals surface area contributed by atoms with Crippen LogP contribution in [0.15, 0.2) is 49.1 Å². The third kappa shape index (κ3) is 4.21. The van der Waals surface area contributed by atoms with Crippen molar-refractivity contribution in [1.29, 1.82) is 0 Å². The fourth-order valence-electron chi connectivity index (χ4n) is 2.79.